The predicted octanol–water partition coefficient (Wildman–Crippen LogP) is 3.66. The normalized spacial score (nSPS) is 12.1. The maximum absolute atomic E-state index is 13.0. The summed E-state index contributed by atoms with van der Waals surface area (Å²) in [5.41, 5.74) is -0.403. The number of fused-ring (bicyclic) bond motifs is 1. The maximum Gasteiger partial charge on any atom is 0.573 e. The lowest BCUT2D eigenvalue weighted by Crippen LogP contribution is -2.25. The number of alkyl halides is 3. The number of hydrogen-bond donors (Lipinski definition) is 1. The van der Waals surface area contributed by atoms with E-state index >= 15 is 0 Å². The van der Waals surface area contributed by atoms with Crippen LogP contribution in [0.5, 0.6) is 5.75 Å². The van der Waals surface area contributed by atoms with Gasteiger partial charge in [0, 0.05) is 5.56 Å². The number of ether oxygens (including phenoxy) is 2. The highest BCUT2D eigenvalue weighted by atomic mass is 19.4. The molecule has 162 valence electrons. The number of rotatable bonds is 5. The molecule has 0 spiro atoms. The van der Waals surface area contributed by atoms with E-state index in [1.54, 1.807) is 13.0 Å². The van der Waals surface area contributed by atoms with Crippen molar-refractivity contribution in [2.75, 3.05) is 6.61 Å². The fourth-order valence-corrected chi connectivity index (χ4v) is 2.95. The summed E-state index contributed by atoms with van der Waals surface area (Å²) in [7, 11) is 0. The zero-order chi connectivity index (χ0) is 22.8. The van der Waals surface area contributed by atoms with E-state index in [4.69, 9.17) is 4.74 Å². The van der Waals surface area contributed by atoms with Crippen LogP contribution in [0.15, 0.2) is 52.4 Å². The molecule has 0 saturated carbocycles. The van der Waals surface area contributed by atoms with Gasteiger partial charge in [0.2, 0.25) is 11.1 Å². The molecule has 2 aromatic carbocycles. The molecule has 1 aromatic heterocycles. The monoisotopic (exact) mass is 435 g/mol. The van der Waals surface area contributed by atoms with Gasteiger partial charge in [0.05, 0.1) is 28.9 Å². The molecule has 8 nitrogen and oxygen atoms in total. The fourth-order valence-electron chi connectivity index (χ4n) is 2.95. The van der Waals surface area contributed by atoms with Crippen LogP contribution in [0, 0.1) is 0 Å². The number of oxime groups is 1. The first-order valence-corrected chi connectivity index (χ1v) is 8.94. The van der Waals surface area contributed by atoms with Crippen molar-refractivity contribution in [2.24, 2.45) is 5.16 Å². The van der Waals surface area contributed by atoms with Crippen LogP contribution in [-0.4, -0.2) is 39.6 Å². The Labute approximate surface area is 173 Å². The molecule has 1 heterocycles. The van der Waals surface area contributed by atoms with Crippen LogP contribution in [-0.2, 0) is 4.74 Å². The minimum atomic E-state index is -4.85. The number of carbonyl (C=O) groups is 1. The van der Waals surface area contributed by atoms with Gasteiger partial charge in [-0.3, -0.25) is 4.79 Å². The SMILES string of the molecule is CCOC(=O)c1nn(-c2ccc(OC(F)(F)F)cc2)c2cccc(/C(C)=N/O)c2c1=O. The molecule has 0 aliphatic heterocycles. The van der Waals surface area contributed by atoms with E-state index in [0.717, 1.165) is 12.1 Å². The van der Waals surface area contributed by atoms with E-state index < -0.39 is 29.2 Å². The second kappa shape index (κ2) is 8.46. The first kappa shape index (κ1) is 21.8. The van der Waals surface area contributed by atoms with Crippen molar-refractivity contribution in [3.63, 3.8) is 0 Å². The first-order valence-electron chi connectivity index (χ1n) is 8.94. The van der Waals surface area contributed by atoms with Crippen LogP contribution in [0.2, 0.25) is 0 Å². The van der Waals surface area contributed by atoms with E-state index in [2.05, 4.69) is 15.0 Å². The highest BCUT2D eigenvalue weighted by molar-refractivity contribution is 6.09. The molecule has 1 N–H and O–H groups in total. The summed E-state index contributed by atoms with van der Waals surface area (Å²) < 4.78 is 47.3. The molecular weight excluding hydrogens is 419 g/mol. The third-order valence-electron chi connectivity index (χ3n) is 4.24. The van der Waals surface area contributed by atoms with E-state index in [9.17, 15) is 28.0 Å². The van der Waals surface area contributed by atoms with E-state index in [1.807, 2.05) is 0 Å². The summed E-state index contributed by atoms with van der Waals surface area (Å²) in [6, 6.07) is 9.35. The lowest BCUT2D eigenvalue weighted by molar-refractivity contribution is -0.274. The van der Waals surface area contributed by atoms with Gasteiger partial charge in [0.15, 0.2) is 0 Å². The number of aromatic nitrogens is 2. The molecule has 11 heteroatoms. The Morgan fingerprint density at radius 2 is 1.87 bits per heavy atom. The van der Waals surface area contributed by atoms with Crippen molar-refractivity contribution in [3.05, 3.63) is 63.9 Å². The van der Waals surface area contributed by atoms with E-state index in [-0.39, 0.29) is 34.5 Å². The maximum atomic E-state index is 13.0. The van der Waals surface area contributed by atoms with Crippen molar-refractivity contribution in [1.29, 1.82) is 0 Å². The second-order valence-corrected chi connectivity index (χ2v) is 6.24. The molecule has 3 rings (SSSR count). The molecule has 0 fully saturated rings. The van der Waals surface area contributed by atoms with Crippen LogP contribution < -0.4 is 10.2 Å². The molecule has 3 aromatic rings. The van der Waals surface area contributed by atoms with E-state index in [0.29, 0.717) is 0 Å². The Morgan fingerprint density at radius 1 is 1.19 bits per heavy atom. The highest BCUT2D eigenvalue weighted by Gasteiger charge is 2.31. The molecular formula is C20H16F3N3O5. The zero-order valence-corrected chi connectivity index (χ0v) is 16.3. The summed E-state index contributed by atoms with van der Waals surface area (Å²) in [5, 5.41) is 16.4. The summed E-state index contributed by atoms with van der Waals surface area (Å²) >= 11 is 0. The van der Waals surface area contributed by atoms with Gasteiger partial charge in [-0.2, -0.15) is 5.10 Å². The largest absolute Gasteiger partial charge is 0.573 e. The van der Waals surface area contributed by atoms with Crippen LogP contribution in [0.4, 0.5) is 13.2 Å². The summed E-state index contributed by atoms with van der Waals surface area (Å²) in [5.74, 6) is -1.41. The van der Waals surface area contributed by atoms with Crippen molar-refractivity contribution in [3.8, 4) is 11.4 Å². The van der Waals surface area contributed by atoms with Gasteiger partial charge in [-0.15, -0.1) is 13.2 Å². The summed E-state index contributed by atoms with van der Waals surface area (Å²) in [6.07, 6.45) is -4.85. The lowest BCUT2D eigenvalue weighted by atomic mass is 10.0. The number of esters is 1. The Morgan fingerprint density at radius 3 is 2.45 bits per heavy atom. The quantitative estimate of drug-likeness (QED) is 0.284. The van der Waals surface area contributed by atoms with Gasteiger partial charge < -0.3 is 14.7 Å². The third kappa shape index (κ3) is 4.49. The minimum absolute atomic E-state index is 0.000240. The minimum Gasteiger partial charge on any atom is -0.461 e. The molecule has 0 saturated heterocycles. The summed E-state index contributed by atoms with van der Waals surface area (Å²) in [4.78, 5) is 25.4. The molecule has 0 bridgehead atoms. The second-order valence-electron chi connectivity index (χ2n) is 6.24. The van der Waals surface area contributed by atoms with Crippen molar-refractivity contribution >= 4 is 22.6 Å². The number of hydrogen-bond acceptors (Lipinski definition) is 7. The number of carbonyl (C=O) groups excluding carboxylic acids is 1. The predicted molar refractivity (Wildman–Crippen MR) is 104 cm³/mol. The van der Waals surface area contributed by atoms with Gasteiger partial charge in [-0.25, -0.2) is 9.48 Å². The van der Waals surface area contributed by atoms with Gasteiger partial charge in [0.1, 0.15) is 5.75 Å². The molecule has 0 atom stereocenters. The topological polar surface area (TPSA) is 103 Å². The number of benzene rings is 2. The Balaban J connectivity index is 2.29. The lowest BCUT2D eigenvalue weighted by Gasteiger charge is -2.14. The van der Waals surface area contributed by atoms with Gasteiger partial charge in [0.25, 0.3) is 0 Å². The average Bonchev–Trinajstić information content (AvgIpc) is 2.73. The van der Waals surface area contributed by atoms with Crippen molar-refractivity contribution in [2.45, 2.75) is 20.2 Å². The smallest absolute Gasteiger partial charge is 0.461 e. The van der Waals surface area contributed by atoms with Crippen LogP contribution in [0.25, 0.3) is 16.6 Å². The average molecular weight is 435 g/mol. The van der Waals surface area contributed by atoms with Gasteiger partial charge in [-0.1, -0.05) is 17.3 Å². The standard InChI is InChI=1S/C20H16F3N3O5/c1-3-30-19(28)17-18(27)16-14(11(2)25-29)5-4-6-15(16)26(24-17)12-7-9-13(10-8-12)31-20(21,22)23/h4-10,29H,3H2,1-2H3/b25-11+. The molecule has 0 aliphatic carbocycles. The third-order valence-corrected chi connectivity index (χ3v) is 4.24. The molecule has 0 amide bonds. The molecule has 31 heavy (non-hydrogen) atoms. The highest BCUT2D eigenvalue weighted by Crippen LogP contribution is 2.25. The number of halogens is 3. The van der Waals surface area contributed by atoms with Gasteiger partial charge in [-0.05, 0) is 44.2 Å². The number of nitrogens with zero attached hydrogens (tertiary/aromatic N) is 3. The van der Waals surface area contributed by atoms with Crippen molar-refractivity contribution < 1.29 is 32.6 Å². The van der Waals surface area contributed by atoms with Crippen LogP contribution >= 0.6 is 0 Å². The Bertz CT molecular complexity index is 1220. The van der Waals surface area contributed by atoms with Crippen molar-refractivity contribution in [1.82, 2.24) is 9.78 Å². The molecule has 0 unspecified atom stereocenters. The van der Waals surface area contributed by atoms with Crippen LogP contribution in [0.1, 0.15) is 29.9 Å². The summed E-state index contributed by atoms with van der Waals surface area (Å²) in [6.45, 7) is 3.03. The van der Waals surface area contributed by atoms with E-state index in [1.165, 1.54) is 35.9 Å². The first-order chi connectivity index (χ1) is 14.7. The Kier molecular flexibility index (Phi) is 5.95. The van der Waals surface area contributed by atoms with Gasteiger partial charge >= 0.3 is 12.3 Å². The molecule has 0 radical (unpaired) electrons. The van der Waals surface area contributed by atoms with Crippen LogP contribution in [0.3, 0.4) is 0 Å². The fraction of sp³-hybridized carbons (Fsp3) is 0.200. The zero-order valence-electron chi connectivity index (χ0n) is 16.3. The Hall–Kier alpha value is -3.89. The molecule has 0 aliphatic rings.